The van der Waals surface area contributed by atoms with Gasteiger partial charge in [0.05, 0.1) is 0 Å². The minimum Gasteiger partial charge on any atom is -0.252 e. The molecule has 1 nitrogen and oxygen atoms in total. The van der Waals surface area contributed by atoms with Crippen LogP contribution in [0.25, 0.3) is 10.9 Å². The predicted molar refractivity (Wildman–Crippen MR) is 54.1 cm³/mol. The van der Waals surface area contributed by atoms with Crippen molar-refractivity contribution in [2.45, 2.75) is 6.92 Å². The smallest absolute Gasteiger partial charge is 0.149 e. The van der Waals surface area contributed by atoms with Gasteiger partial charge in [0.15, 0.2) is 0 Å². The Morgan fingerprint density at radius 2 is 2.08 bits per heavy atom. The molecule has 0 saturated carbocycles. The number of rotatable bonds is 0. The van der Waals surface area contributed by atoms with Crippen LogP contribution in [0.5, 0.6) is 0 Å². The van der Waals surface area contributed by atoms with E-state index in [0.29, 0.717) is 5.52 Å². The van der Waals surface area contributed by atoms with Gasteiger partial charge in [-0.3, -0.25) is 4.98 Å². The van der Waals surface area contributed by atoms with Gasteiger partial charge in [0.25, 0.3) is 0 Å². The first-order valence-electron chi connectivity index (χ1n) is 3.88. The number of halogens is 2. The summed E-state index contributed by atoms with van der Waals surface area (Å²) >= 11 is 3.30. The SMILES string of the molecule is Cc1cc(F)c2ncc(Br)cc2c1. The van der Waals surface area contributed by atoms with Crippen molar-refractivity contribution < 1.29 is 4.39 Å². The van der Waals surface area contributed by atoms with E-state index in [4.69, 9.17) is 0 Å². The van der Waals surface area contributed by atoms with Crippen LogP contribution in [0.1, 0.15) is 5.56 Å². The van der Waals surface area contributed by atoms with E-state index in [0.717, 1.165) is 15.4 Å². The Kier molecular flexibility index (Phi) is 2.04. The van der Waals surface area contributed by atoms with Crippen molar-refractivity contribution in [1.29, 1.82) is 0 Å². The first kappa shape index (κ1) is 8.63. The molecule has 0 fully saturated rings. The molecule has 0 bridgehead atoms. The molecule has 0 aliphatic heterocycles. The van der Waals surface area contributed by atoms with Gasteiger partial charge in [-0.1, -0.05) is 0 Å². The summed E-state index contributed by atoms with van der Waals surface area (Å²) in [6, 6.07) is 5.26. The third kappa shape index (κ3) is 1.56. The predicted octanol–water partition coefficient (Wildman–Crippen LogP) is 3.44. The zero-order chi connectivity index (χ0) is 9.42. The topological polar surface area (TPSA) is 12.9 Å². The summed E-state index contributed by atoms with van der Waals surface area (Å²) in [7, 11) is 0. The maximum atomic E-state index is 13.3. The third-order valence-corrected chi connectivity index (χ3v) is 2.28. The molecule has 0 atom stereocenters. The van der Waals surface area contributed by atoms with Crippen molar-refractivity contribution in [3.8, 4) is 0 Å². The third-order valence-electron chi connectivity index (χ3n) is 1.85. The van der Waals surface area contributed by atoms with Gasteiger partial charge in [0.1, 0.15) is 11.3 Å². The molecule has 2 aromatic rings. The highest BCUT2D eigenvalue weighted by Gasteiger charge is 2.02. The van der Waals surface area contributed by atoms with Crippen LogP contribution in [0.3, 0.4) is 0 Å². The van der Waals surface area contributed by atoms with E-state index in [1.165, 1.54) is 6.07 Å². The van der Waals surface area contributed by atoms with Crippen LogP contribution in [0.2, 0.25) is 0 Å². The molecule has 0 aliphatic carbocycles. The lowest BCUT2D eigenvalue weighted by Crippen LogP contribution is -1.85. The van der Waals surface area contributed by atoms with Crippen LogP contribution in [0, 0.1) is 12.7 Å². The lowest BCUT2D eigenvalue weighted by molar-refractivity contribution is 0.635. The normalized spacial score (nSPS) is 10.7. The second kappa shape index (κ2) is 3.07. The summed E-state index contributed by atoms with van der Waals surface area (Å²) in [5.74, 6) is -0.262. The zero-order valence-corrected chi connectivity index (χ0v) is 8.60. The van der Waals surface area contributed by atoms with Crippen molar-refractivity contribution in [3.63, 3.8) is 0 Å². The molecular formula is C10H7BrFN. The number of nitrogens with zero attached hydrogens (tertiary/aromatic N) is 1. The Hall–Kier alpha value is -0.960. The largest absolute Gasteiger partial charge is 0.252 e. The minimum atomic E-state index is -0.262. The Morgan fingerprint density at radius 1 is 1.31 bits per heavy atom. The van der Waals surface area contributed by atoms with Crippen LogP contribution in [-0.4, -0.2) is 4.98 Å². The average molecular weight is 240 g/mol. The molecule has 3 heteroatoms. The minimum absolute atomic E-state index is 0.262. The van der Waals surface area contributed by atoms with E-state index in [2.05, 4.69) is 20.9 Å². The van der Waals surface area contributed by atoms with Gasteiger partial charge in [0.2, 0.25) is 0 Å². The second-order valence-electron chi connectivity index (χ2n) is 2.97. The lowest BCUT2D eigenvalue weighted by atomic mass is 10.1. The van der Waals surface area contributed by atoms with Crippen LogP contribution >= 0.6 is 15.9 Å². The summed E-state index contributed by atoms with van der Waals surface area (Å²) in [5.41, 5.74) is 1.33. The summed E-state index contributed by atoms with van der Waals surface area (Å²) in [6.07, 6.45) is 1.60. The molecular weight excluding hydrogens is 233 g/mol. The highest BCUT2D eigenvalue weighted by Crippen LogP contribution is 2.20. The molecule has 66 valence electrons. The number of benzene rings is 1. The monoisotopic (exact) mass is 239 g/mol. The van der Waals surface area contributed by atoms with E-state index in [-0.39, 0.29) is 5.82 Å². The van der Waals surface area contributed by atoms with Gasteiger partial charge in [-0.15, -0.1) is 0 Å². The number of aryl methyl sites for hydroxylation is 1. The Morgan fingerprint density at radius 3 is 2.85 bits per heavy atom. The van der Waals surface area contributed by atoms with Crippen LogP contribution in [0.4, 0.5) is 4.39 Å². The molecule has 0 aliphatic rings. The molecule has 0 unspecified atom stereocenters. The number of aromatic nitrogens is 1. The molecule has 0 radical (unpaired) electrons. The fraction of sp³-hybridized carbons (Fsp3) is 0.100. The van der Waals surface area contributed by atoms with Gasteiger partial charge < -0.3 is 0 Å². The van der Waals surface area contributed by atoms with Crippen molar-refractivity contribution in [1.82, 2.24) is 4.98 Å². The van der Waals surface area contributed by atoms with Crippen LogP contribution in [-0.2, 0) is 0 Å². The van der Waals surface area contributed by atoms with Crippen molar-refractivity contribution in [3.05, 3.63) is 40.2 Å². The highest BCUT2D eigenvalue weighted by molar-refractivity contribution is 9.10. The van der Waals surface area contributed by atoms with Crippen molar-refractivity contribution in [2.75, 3.05) is 0 Å². The Bertz CT molecular complexity index is 462. The standard InChI is InChI=1S/C10H7BrFN/c1-6-2-7-4-8(11)5-13-10(7)9(12)3-6/h2-5H,1H3. The first-order chi connectivity index (χ1) is 6.16. The molecule has 0 N–H and O–H groups in total. The number of hydrogen-bond donors (Lipinski definition) is 0. The van der Waals surface area contributed by atoms with Gasteiger partial charge in [-0.05, 0) is 46.6 Å². The number of pyridine rings is 1. The number of fused-ring (bicyclic) bond motifs is 1. The Labute approximate surface area is 83.7 Å². The molecule has 1 heterocycles. The molecule has 0 amide bonds. The quantitative estimate of drug-likeness (QED) is 0.687. The summed E-state index contributed by atoms with van der Waals surface area (Å²) < 4.78 is 14.2. The van der Waals surface area contributed by atoms with E-state index >= 15 is 0 Å². The molecule has 1 aromatic heterocycles. The second-order valence-corrected chi connectivity index (χ2v) is 3.89. The highest BCUT2D eigenvalue weighted by atomic mass is 79.9. The van der Waals surface area contributed by atoms with Crippen molar-refractivity contribution >= 4 is 26.8 Å². The van der Waals surface area contributed by atoms with E-state index in [1.54, 1.807) is 6.20 Å². The Balaban J connectivity index is 2.86. The summed E-state index contributed by atoms with van der Waals surface area (Å²) in [5, 5.41) is 0.826. The van der Waals surface area contributed by atoms with Crippen molar-refractivity contribution in [2.24, 2.45) is 0 Å². The van der Waals surface area contributed by atoms with Gasteiger partial charge in [0, 0.05) is 16.1 Å². The maximum absolute atomic E-state index is 13.3. The summed E-state index contributed by atoms with van der Waals surface area (Å²) in [4.78, 5) is 4.00. The molecule has 0 saturated heterocycles. The molecule has 0 spiro atoms. The summed E-state index contributed by atoms with van der Waals surface area (Å²) in [6.45, 7) is 1.86. The number of hydrogen-bond acceptors (Lipinski definition) is 1. The first-order valence-corrected chi connectivity index (χ1v) is 4.67. The average Bonchev–Trinajstić information content (AvgIpc) is 2.02. The van der Waals surface area contributed by atoms with Gasteiger partial charge in [-0.2, -0.15) is 0 Å². The zero-order valence-electron chi connectivity index (χ0n) is 7.01. The fourth-order valence-corrected chi connectivity index (χ4v) is 1.67. The lowest BCUT2D eigenvalue weighted by Gasteiger charge is -2.00. The molecule has 1 aromatic carbocycles. The van der Waals surface area contributed by atoms with Gasteiger partial charge >= 0.3 is 0 Å². The molecule has 2 rings (SSSR count). The van der Waals surface area contributed by atoms with Gasteiger partial charge in [-0.25, -0.2) is 4.39 Å². The van der Waals surface area contributed by atoms with E-state index in [9.17, 15) is 4.39 Å². The van der Waals surface area contributed by atoms with E-state index in [1.807, 2.05) is 19.1 Å². The maximum Gasteiger partial charge on any atom is 0.149 e. The van der Waals surface area contributed by atoms with E-state index < -0.39 is 0 Å². The van der Waals surface area contributed by atoms with Crippen LogP contribution in [0.15, 0.2) is 28.9 Å². The van der Waals surface area contributed by atoms with Crippen LogP contribution < -0.4 is 0 Å². The molecule has 13 heavy (non-hydrogen) atoms. The fourth-order valence-electron chi connectivity index (χ4n) is 1.32.